The molecule has 1 unspecified atom stereocenters. The predicted molar refractivity (Wildman–Crippen MR) is 120 cm³/mol. The number of hydrogen-bond donors (Lipinski definition) is 0. The molecule has 1 heterocycles. The van der Waals surface area contributed by atoms with Crippen molar-refractivity contribution in [2.24, 2.45) is 4.99 Å². The van der Waals surface area contributed by atoms with E-state index in [1.807, 2.05) is 0 Å². The quantitative estimate of drug-likeness (QED) is 0.506. The smallest absolute Gasteiger partial charge is 0.190 e. The Morgan fingerprint density at radius 1 is 0.929 bits per heavy atom. The number of ether oxygens (including phenoxy) is 1. The van der Waals surface area contributed by atoms with Crippen LogP contribution in [0.5, 0.6) is 0 Å². The number of methoxy groups -OCH3 is 1. The largest absolute Gasteiger partial charge is 0.383 e. The van der Waals surface area contributed by atoms with Crippen molar-refractivity contribution in [3.05, 3.63) is 68.3 Å². The lowest BCUT2D eigenvalue weighted by atomic mass is 9.99. The Morgan fingerprint density at radius 3 is 2.21 bits per heavy atom. The zero-order valence-electron chi connectivity index (χ0n) is 18.0. The summed E-state index contributed by atoms with van der Waals surface area (Å²) in [7, 11) is 1.76. The van der Waals surface area contributed by atoms with Crippen molar-refractivity contribution in [1.82, 2.24) is 4.57 Å². The molecular formula is C24H30N2OS. The summed E-state index contributed by atoms with van der Waals surface area (Å²) >= 11 is 1.69. The number of nitrogens with zero attached hydrogens (tertiary/aromatic N) is 2. The molecule has 148 valence electrons. The molecule has 0 radical (unpaired) electrons. The van der Waals surface area contributed by atoms with Gasteiger partial charge in [-0.05, 0) is 87.6 Å². The van der Waals surface area contributed by atoms with E-state index in [-0.39, 0.29) is 6.04 Å². The number of aryl methyl sites for hydroxylation is 5. The first-order valence-corrected chi connectivity index (χ1v) is 10.6. The van der Waals surface area contributed by atoms with Crippen LogP contribution in [0.2, 0.25) is 0 Å². The molecule has 0 amide bonds. The topological polar surface area (TPSA) is 26.5 Å². The second-order valence-corrected chi connectivity index (χ2v) is 8.62. The second-order valence-electron chi connectivity index (χ2n) is 7.79. The molecule has 0 N–H and O–H groups in total. The molecule has 0 spiro atoms. The van der Waals surface area contributed by atoms with E-state index in [2.05, 4.69) is 81.8 Å². The standard InChI is InChI=1S/C24H30N2OS/c1-15-8-16(2)10-21(9-15)25-24-26(20(6)13-27-7)23(14-28-24)22-12-18(4)17(3)11-19(22)5/h8-12,14,20H,13H2,1-7H3. The van der Waals surface area contributed by atoms with E-state index in [1.165, 1.54) is 39.1 Å². The molecular weight excluding hydrogens is 364 g/mol. The van der Waals surface area contributed by atoms with Crippen molar-refractivity contribution in [3.8, 4) is 11.3 Å². The van der Waals surface area contributed by atoms with Crippen LogP contribution in [-0.2, 0) is 4.74 Å². The fourth-order valence-electron chi connectivity index (χ4n) is 3.70. The maximum absolute atomic E-state index is 5.48. The molecule has 3 nitrogen and oxygen atoms in total. The maximum atomic E-state index is 5.48. The van der Waals surface area contributed by atoms with Crippen molar-refractivity contribution in [2.75, 3.05) is 13.7 Å². The molecule has 0 aliphatic rings. The van der Waals surface area contributed by atoms with Gasteiger partial charge in [0, 0.05) is 18.1 Å². The summed E-state index contributed by atoms with van der Waals surface area (Å²) in [5.41, 5.74) is 9.87. The number of rotatable bonds is 5. The molecule has 0 saturated heterocycles. The lowest BCUT2D eigenvalue weighted by Gasteiger charge is -2.18. The summed E-state index contributed by atoms with van der Waals surface area (Å²) in [5, 5.41) is 2.23. The monoisotopic (exact) mass is 394 g/mol. The molecule has 0 bridgehead atoms. The van der Waals surface area contributed by atoms with Crippen LogP contribution in [0.1, 0.15) is 40.8 Å². The van der Waals surface area contributed by atoms with Crippen LogP contribution >= 0.6 is 11.3 Å². The lowest BCUT2D eigenvalue weighted by molar-refractivity contribution is 0.162. The minimum Gasteiger partial charge on any atom is -0.383 e. The van der Waals surface area contributed by atoms with Gasteiger partial charge in [-0.2, -0.15) is 0 Å². The third-order valence-corrected chi connectivity index (χ3v) is 5.98. The number of aromatic nitrogens is 1. The second kappa shape index (κ2) is 8.46. The minimum absolute atomic E-state index is 0.192. The SMILES string of the molecule is COCC(C)n1c(-c2cc(C)c(C)cc2C)csc1=Nc1cc(C)cc(C)c1. The first-order chi connectivity index (χ1) is 13.3. The zero-order chi connectivity index (χ0) is 20.4. The van der Waals surface area contributed by atoms with E-state index >= 15 is 0 Å². The van der Waals surface area contributed by atoms with Gasteiger partial charge in [0.05, 0.1) is 24.0 Å². The summed E-state index contributed by atoms with van der Waals surface area (Å²) in [6.07, 6.45) is 0. The third kappa shape index (κ3) is 4.29. The van der Waals surface area contributed by atoms with Crippen LogP contribution in [0.25, 0.3) is 11.3 Å². The van der Waals surface area contributed by atoms with E-state index in [1.54, 1.807) is 18.4 Å². The molecule has 28 heavy (non-hydrogen) atoms. The summed E-state index contributed by atoms with van der Waals surface area (Å²) < 4.78 is 7.80. The van der Waals surface area contributed by atoms with Crippen molar-refractivity contribution in [3.63, 3.8) is 0 Å². The van der Waals surface area contributed by atoms with Gasteiger partial charge in [-0.15, -0.1) is 11.3 Å². The van der Waals surface area contributed by atoms with Gasteiger partial charge in [0.1, 0.15) is 0 Å². The van der Waals surface area contributed by atoms with Gasteiger partial charge in [-0.25, -0.2) is 4.99 Å². The Bertz CT molecular complexity index is 1040. The van der Waals surface area contributed by atoms with Gasteiger partial charge < -0.3 is 9.30 Å². The Kier molecular flexibility index (Phi) is 6.21. The molecule has 3 aromatic rings. The molecule has 3 rings (SSSR count). The molecule has 2 aromatic carbocycles. The van der Waals surface area contributed by atoms with E-state index < -0.39 is 0 Å². The highest BCUT2D eigenvalue weighted by molar-refractivity contribution is 7.07. The molecule has 0 aliphatic heterocycles. The first-order valence-electron chi connectivity index (χ1n) is 9.70. The Balaban J connectivity index is 2.23. The third-order valence-electron chi connectivity index (χ3n) is 5.14. The van der Waals surface area contributed by atoms with Crippen LogP contribution in [0, 0.1) is 34.6 Å². The van der Waals surface area contributed by atoms with Crippen molar-refractivity contribution in [2.45, 2.75) is 47.6 Å². The summed E-state index contributed by atoms with van der Waals surface area (Å²) in [6, 6.07) is 11.2. The molecule has 0 aliphatic carbocycles. The summed E-state index contributed by atoms with van der Waals surface area (Å²) in [4.78, 5) is 6.01. The van der Waals surface area contributed by atoms with Gasteiger partial charge in [0.15, 0.2) is 4.80 Å². The maximum Gasteiger partial charge on any atom is 0.190 e. The first kappa shape index (κ1) is 20.6. The van der Waals surface area contributed by atoms with Gasteiger partial charge in [0.25, 0.3) is 0 Å². The lowest BCUT2D eigenvalue weighted by Crippen LogP contribution is -2.23. The molecule has 0 fully saturated rings. The minimum atomic E-state index is 0.192. The predicted octanol–water partition coefficient (Wildman–Crippen LogP) is 6.20. The summed E-state index contributed by atoms with van der Waals surface area (Å²) in [5.74, 6) is 0. The highest BCUT2D eigenvalue weighted by Crippen LogP contribution is 2.29. The van der Waals surface area contributed by atoms with Crippen molar-refractivity contribution >= 4 is 17.0 Å². The Hall–Kier alpha value is -2.17. The van der Waals surface area contributed by atoms with Gasteiger partial charge in [-0.3, -0.25) is 0 Å². The van der Waals surface area contributed by atoms with E-state index in [0.717, 1.165) is 10.5 Å². The van der Waals surface area contributed by atoms with Crippen LogP contribution in [0.3, 0.4) is 0 Å². The number of benzene rings is 2. The normalized spacial score (nSPS) is 13.2. The fourth-order valence-corrected chi connectivity index (χ4v) is 4.71. The zero-order valence-corrected chi connectivity index (χ0v) is 18.8. The highest BCUT2D eigenvalue weighted by atomic mass is 32.1. The van der Waals surface area contributed by atoms with Crippen LogP contribution in [-0.4, -0.2) is 18.3 Å². The van der Waals surface area contributed by atoms with E-state index in [9.17, 15) is 0 Å². The van der Waals surface area contributed by atoms with Crippen molar-refractivity contribution < 1.29 is 4.74 Å². The van der Waals surface area contributed by atoms with Crippen LogP contribution in [0.4, 0.5) is 5.69 Å². The Morgan fingerprint density at radius 2 is 1.57 bits per heavy atom. The summed E-state index contributed by atoms with van der Waals surface area (Å²) in [6.45, 7) is 13.6. The number of thiazole rings is 1. The van der Waals surface area contributed by atoms with E-state index in [0.29, 0.717) is 6.61 Å². The van der Waals surface area contributed by atoms with Gasteiger partial charge in [0.2, 0.25) is 0 Å². The van der Waals surface area contributed by atoms with Gasteiger partial charge in [-0.1, -0.05) is 12.1 Å². The fraction of sp³-hybridized carbons (Fsp3) is 0.375. The van der Waals surface area contributed by atoms with Crippen LogP contribution < -0.4 is 4.80 Å². The van der Waals surface area contributed by atoms with Crippen molar-refractivity contribution in [1.29, 1.82) is 0 Å². The molecule has 1 aromatic heterocycles. The highest BCUT2D eigenvalue weighted by Gasteiger charge is 2.16. The average Bonchev–Trinajstić information content (AvgIpc) is 3.00. The number of hydrogen-bond acceptors (Lipinski definition) is 3. The average molecular weight is 395 g/mol. The van der Waals surface area contributed by atoms with Crippen LogP contribution in [0.15, 0.2) is 40.7 Å². The van der Waals surface area contributed by atoms with Gasteiger partial charge >= 0.3 is 0 Å². The molecule has 1 atom stereocenters. The van der Waals surface area contributed by atoms with E-state index in [4.69, 9.17) is 9.73 Å². The molecule has 0 saturated carbocycles. The molecule has 4 heteroatoms. The Labute approximate surface area is 172 Å².